The Morgan fingerprint density at radius 2 is 1.70 bits per heavy atom. The Hall–Kier alpha value is -2.35. The second-order valence-electron chi connectivity index (χ2n) is 7.85. The van der Waals surface area contributed by atoms with Gasteiger partial charge in [-0.2, -0.15) is 0 Å². The standard InChI is InChI=1S/C21H20Cl2N4O3/c1-11-4-12-13(6-24-11)25-19(26-20(12)27-7-21(8-27)9-30-10-21)16-17(22)14(28-2)5-15(29-3)18(16)23/h4-6H,7-10H2,1-3H3. The van der Waals surface area contributed by atoms with Crippen molar-refractivity contribution < 1.29 is 14.2 Å². The maximum Gasteiger partial charge on any atom is 0.165 e. The molecule has 9 heteroatoms. The molecule has 0 N–H and O–H groups in total. The zero-order chi connectivity index (χ0) is 21.0. The van der Waals surface area contributed by atoms with Gasteiger partial charge in [0.25, 0.3) is 0 Å². The first-order valence-electron chi connectivity index (χ1n) is 9.52. The monoisotopic (exact) mass is 446 g/mol. The van der Waals surface area contributed by atoms with Gasteiger partial charge in [-0.1, -0.05) is 23.2 Å². The van der Waals surface area contributed by atoms with Crippen molar-refractivity contribution in [3.63, 3.8) is 0 Å². The predicted molar refractivity (Wildman–Crippen MR) is 116 cm³/mol. The normalized spacial score (nSPS) is 17.0. The highest BCUT2D eigenvalue weighted by Crippen LogP contribution is 2.47. The Kier molecular flexibility index (Phi) is 4.65. The molecular formula is C21H20Cl2N4O3. The van der Waals surface area contributed by atoms with Gasteiger partial charge >= 0.3 is 0 Å². The Labute approximate surface area is 183 Å². The van der Waals surface area contributed by atoms with Gasteiger partial charge in [-0.15, -0.1) is 0 Å². The molecule has 3 aromatic rings. The summed E-state index contributed by atoms with van der Waals surface area (Å²) in [7, 11) is 3.08. The molecule has 30 heavy (non-hydrogen) atoms. The van der Waals surface area contributed by atoms with E-state index in [0.717, 1.165) is 48.7 Å². The number of aryl methyl sites for hydroxylation is 1. The number of ether oxygens (including phenoxy) is 3. The van der Waals surface area contributed by atoms with E-state index in [1.165, 1.54) is 14.2 Å². The molecule has 7 nitrogen and oxygen atoms in total. The number of methoxy groups -OCH3 is 2. The smallest absolute Gasteiger partial charge is 0.165 e. The average Bonchev–Trinajstić information content (AvgIpc) is 2.66. The molecule has 0 atom stereocenters. The SMILES string of the molecule is COc1cc(OC)c(Cl)c(-c2nc(N3CC4(COC4)C3)c3cc(C)ncc3n2)c1Cl. The highest BCUT2D eigenvalue weighted by atomic mass is 35.5. The van der Waals surface area contributed by atoms with Crippen LogP contribution in [-0.2, 0) is 4.74 Å². The highest BCUT2D eigenvalue weighted by molar-refractivity contribution is 6.41. The Morgan fingerprint density at radius 3 is 2.27 bits per heavy atom. The van der Waals surface area contributed by atoms with E-state index in [1.807, 2.05) is 13.0 Å². The zero-order valence-corrected chi connectivity index (χ0v) is 18.3. The number of rotatable bonds is 4. The van der Waals surface area contributed by atoms with Crippen molar-refractivity contribution in [1.82, 2.24) is 15.0 Å². The fourth-order valence-electron chi connectivity index (χ4n) is 4.04. The van der Waals surface area contributed by atoms with Crippen molar-refractivity contribution in [2.75, 3.05) is 45.4 Å². The van der Waals surface area contributed by atoms with E-state index in [0.29, 0.717) is 32.9 Å². The number of benzene rings is 1. The Balaban J connectivity index is 1.70. The van der Waals surface area contributed by atoms with Crippen molar-refractivity contribution in [2.24, 2.45) is 5.41 Å². The number of fused-ring (bicyclic) bond motifs is 1. The molecule has 5 rings (SSSR count). The fourth-order valence-corrected chi connectivity index (χ4v) is 4.71. The molecule has 2 aromatic heterocycles. The minimum absolute atomic E-state index is 0.244. The maximum absolute atomic E-state index is 6.62. The van der Waals surface area contributed by atoms with Crippen LogP contribution in [0.3, 0.4) is 0 Å². The molecule has 2 fully saturated rings. The van der Waals surface area contributed by atoms with Crippen LogP contribution < -0.4 is 14.4 Å². The van der Waals surface area contributed by atoms with Crippen LogP contribution in [0, 0.1) is 12.3 Å². The summed E-state index contributed by atoms with van der Waals surface area (Å²) >= 11 is 13.2. The number of aromatic nitrogens is 3. The third kappa shape index (κ3) is 2.95. The van der Waals surface area contributed by atoms with Crippen LogP contribution in [0.15, 0.2) is 18.3 Å². The molecule has 0 amide bonds. The quantitative estimate of drug-likeness (QED) is 0.595. The molecule has 0 bridgehead atoms. The molecule has 0 unspecified atom stereocenters. The summed E-state index contributed by atoms with van der Waals surface area (Å²) in [6.07, 6.45) is 1.75. The van der Waals surface area contributed by atoms with Crippen molar-refractivity contribution in [3.8, 4) is 22.9 Å². The fraction of sp³-hybridized carbons (Fsp3) is 0.381. The maximum atomic E-state index is 6.62. The minimum atomic E-state index is 0.244. The van der Waals surface area contributed by atoms with Gasteiger partial charge in [0.2, 0.25) is 0 Å². The van der Waals surface area contributed by atoms with E-state index in [9.17, 15) is 0 Å². The lowest BCUT2D eigenvalue weighted by atomic mass is 9.78. The number of hydrogen-bond acceptors (Lipinski definition) is 7. The van der Waals surface area contributed by atoms with Gasteiger partial charge in [0.05, 0.1) is 60.2 Å². The van der Waals surface area contributed by atoms with Gasteiger partial charge in [0.1, 0.15) is 17.3 Å². The summed E-state index contributed by atoms with van der Waals surface area (Å²) in [4.78, 5) is 16.3. The second-order valence-corrected chi connectivity index (χ2v) is 8.60. The van der Waals surface area contributed by atoms with Gasteiger partial charge < -0.3 is 19.1 Å². The zero-order valence-electron chi connectivity index (χ0n) is 16.8. The molecule has 2 saturated heterocycles. The van der Waals surface area contributed by atoms with Crippen LogP contribution >= 0.6 is 23.2 Å². The van der Waals surface area contributed by atoms with Crippen LogP contribution in [0.25, 0.3) is 22.3 Å². The first kappa shape index (κ1) is 19.6. The van der Waals surface area contributed by atoms with Crippen LogP contribution in [-0.4, -0.2) is 55.5 Å². The van der Waals surface area contributed by atoms with E-state index in [4.69, 9.17) is 47.4 Å². The number of nitrogens with zero attached hydrogens (tertiary/aromatic N) is 4. The van der Waals surface area contributed by atoms with Gasteiger partial charge in [-0.25, -0.2) is 9.97 Å². The van der Waals surface area contributed by atoms with Gasteiger partial charge in [0.15, 0.2) is 5.82 Å². The lowest BCUT2D eigenvalue weighted by Crippen LogP contribution is -2.66. The van der Waals surface area contributed by atoms with Crippen molar-refractivity contribution in [3.05, 3.63) is 34.1 Å². The summed E-state index contributed by atoms with van der Waals surface area (Å²) in [5, 5.41) is 1.62. The van der Waals surface area contributed by atoms with Gasteiger partial charge in [0, 0.05) is 30.2 Å². The van der Waals surface area contributed by atoms with Crippen LogP contribution in [0.4, 0.5) is 5.82 Å². The first-order chi connectivity index (χ1) is 14.4. The van der Waals surface area contributed by atoms with E-state index < -0.39 is 0 Å². The minimum Gasteiger partial charge on any atom is -0.495 e. The van der Waals surface area contributed by atoms with Crippen molar-refractivity contribution in [1.29, 1.82) is 0 Å². The molecule has 1 aromatic carbocycles. The molecule has 156 valence electrons. The first-order valence-corrected chi connectivity index (χ1v) is 10.3. The summed E-state index contributed by atoms with van der Waals surface area (Å²) in [6, 6.07) is 3.66. The number of anilines is 1. The number of halogens is 2. The molecule has 2 aliphatic heterocycles. The summed E-state index contributed by atoms with van der Waals surface area (Å²) < 4.78 is 16.2. The van der Waals surface area contributed by atoms with Crippen molar-refractivity contribution >= 4 is 39.9 Å². The molecule has 0 radical (unpaired) electrons. The topological polar surface area (TPSA) is 69.6 Å². The lowest BCUT2D eigenvalue weighted by molar-refractivity contribution is -0.127. The van der Waals surface area contributed by atoms with Crippen LogP contribution in [0.5, 0.6) is 11.5 Å². The third-order valence-corrected chi connectivity index (χ3v) is 6.42. The summed E-state index contributed by atoms with van der Waals surface area (Å²) in [5.41, 5.74) is 2.34. The largest absolute Gasteiger partial charge is 0.495 e. The third-order valence-electron chi connectivity index (χ3n) is 5.66. The predicted octanol–water partition coefficient (Wildman–Crippen LogP) is 4.16. The Morgan fingerprint density at radius 1 is 1.03 bits per heavy atom. The van der Waals surface area contributed by atoms with Gasteiger partial charge in [-0.3, -0.25) is 4.98 Å². The Bertz CT molecular complexity index is 1130. The molecule has 0 aliphatic carbocycles. The second kappa shape index (κ2) is 7.11. The van der Waals surface area contributed by atoms with Gasteiger partial charge in [-0.05, 0) is 13.0 Å². The van der Waals surface area contributed by atoms with E-state index in [2.05, 4.69) is 9.88 Å². The lowest BCUT2D eigenvalue weighted by Gasteiger charge is -2.55. The molecule has 2 aliphatic rings. The number of pyridine rings is 1. The molecule has 0 saturated carbocycles. The van der Waals surface area contributed by atoms with Crippen LogP contribution in [0.1, 0.15) is 5.69 Å². The molecular weight excluding hydrogens is 427 g/mol. The summed E-state index contributed by atoms with van der Waals surface area (Å²) in [6.45, 7) is 5.33. The highest BCUT2D eigenvalue weighted by Gasteiger charge is 2.49. The molecule has 4 heterocycles. The van der Waals surface area contributed by atoms with E-state index >= 15 is 0 Å². The molecule has 1 spiro atoms. The van der Waals surface area contributed by atoms with Crippen LogP contribution in [0.2, 0.25) is 10.0 Å². The van der Waals surface area contributed by atoms with E-state index in [-0.39, 0.29) is 5.41 Å². The average molecular weight is 447 g/mol. The summed E-state index contributed by atoms with van der Waals surface area (Å²) in [5.74, 6) is 2.12. The van der Waals surface area contributed by atoms with Crippen molar-refractivity contribution in [2.45, 2.75) is 6.92 Å². The van der Waals surface area contributed by atoms with E-state index in [1.54, 1.807) is 12.3 Å². The number of hydrogen-bond donors (Lipinski definition) is 0.